The molecule has 0 aliphatic carbocycles. The molecular formula is C8H7N3O2. The Morgan fingerprint density at radius 2 is 2.15 bits per heavy atom. The molecule has 66 valence electrons. The fourth-order valence-electron chi connectivity index (χ4n) is 0.862. The lowest BCUT2D eigenvalue weighted by Gasteiger charge is -2.01. The largest absolute Gasteiger partial charge is 0.410 e. The highest BCUT2D eigenvalue weighted by Gasteiger charge is 2.01. The molecule has 0 spiro atoms. The lowest BCUT2D eigenvalue weighted by molar-refractivity contribution is 0.211. The number of benzene rings is 1. The van der Waals surface area contributed by atoms with Crippen molar-refractivity contribution in [3.63, 3.8) is 0 Å². The molecule has 0 saturated heterocycles. The summed E-state index contributed by atoms with van der Waals surface area (Å²) in [7, 11) is 0. The molecule has 0 bridgehead atoms. The molecule has 1 aromatic rings. The van der Waals surface area contributed by atoms with Crippen LogP contribution < -0.4 is 16.2 Å². The van der Waals surface area contributed by atoms with Crippen LogP contribution in [0.5, 0.6) is 5.75 Å². The smallest absolute Gasteiger partial charge is 0.409 e. The summed E-state index contributed by atoms with van der Waals surface area (Å²) < 4.78 is 4.55. The number of anilines is 1. The molecular weight excluding hydrogens is 170 g/mol. The van der Waals surface area contributed by atoms with Gasteiger partial charge in [0.1, 0.15) is 5.75 Å². The fraction of sp³-hybridized carbons (Fsp3) is 0. The molecule has 0 aliphatic rings. The monoisotopic (exact) mass is 177 g/mol. The third kappa shape index (κ3) is 2.38. The highest BCUT2D eigenvalue weighted by Crippen LogP contribution is 2.17. The molecule has 0 heterocycles. The van der Waals surface area contributed by atoms with E-state index in [1.807, 2.05) is 6.07 Å². The topological polar surface area (TPSA) is 102 Å². The van der Waals surface area contributed by atoms with Gasteiger partial charge in [0.2, 0.25) is 0 Å². The van der Waals surface area contributed by atoms with Crippen LogP contribution in [0.15, 0.2) is 18.2 Å². The van der Waals surface area contributed by atoms with Gasteiger partial charge in [-0.2, -0.15) is 5.26 Å². The zero-order valence-electron chi connectivity index (χ0n) is 6.65. The zero-order valence-corrected chi connectivity index (χ0v) is 6.65. The second kappa shape index (κ2) is 3.45. The van der Waals surface area contributed by atoms with Crippen molar-refractivity contribution < 1.29 is 9.53 Å². The molecule has 13 heavy (non-hydrogen) atoms. The maximum atomic E-state index is 10.4. The van der Waals surface area contributed by atoms with Crippen LogP contribution in [0.25, 0.3) is 0 Å². The Labute approximate surface area is 74.5 Å². The van der Waals surface area contributed by atoms with Crippen LogP contribution in [0, 0.1) is 11.3 Å². The quantitative estimate of drug-likeness (QED) is 0.613. The second-order valence-corrected chi connectivity index (χ2v) is 2.32. The first-order valence-electron chi connectivity index (χ1n) is 3.40. The first-order chi connectivity index (χ1) is 6.11. The first-order valence-corrected chi connectivity index (χ1v) is 3.40. The van der Waals surface area contributed by atoms with Gasteiger partial charge in [-0.15, -0.1) is 0 Å². The average Bonchev–Trinajstić information content (AvgIpc) is 2.01. The predicted octanol–water partition coefficient (Wildman–Crippen LogP) is 0.598. The lowest BCUT2D eigenvalue weighted by Crippen LogP contribution is -2.16. The molecule has 0 fully saturated rings. The number of nitriles is 1. The van der Waals surface area contributed by atoms with Gasteiger partial charge >= 0.3 is 6.09 Å². The van der Waals surface area contributed by atoms with E-state index in [0.29, 0.717) is 11.3 Å². The normalized spacial score (nSPS) is 8.85. The molecule has 4 N–H and O–H groups in total. The van der Waals surface area contributed by atoms with Crippen molar-refractivity contribution in [3.8, 4) is 11.8 Å². The highest BCUT2D eigenvalue weighted by molar-refractivity contribution is 5.69. The number of carbonyl (C=O) groups excluding carboxylic acids is 1. The molecule has 0 aromatic heterocycles. The van der Waals surface area contributed by atoms with E-state index in [4.69, 9.17) is 16.7 Å². The molecule has 0 radical (unpaired) electrons. The molecule has 1 rings (SSSR count). The maximum absolute atomic E-state index is 10.4. The van der Waals surface area contributed by atoms with E-state index >= 15 is 0 Å². The van der Waals surface area contributed by atoms with E-state index in [2.05, 4.69) is 4.74 Å². The number of primary amides is 1. The van der Waals surface area contributed by atoms with Gasteiger partial charge in [0, 0.05) is 11.8 Å². The molecule has 0 aliphatic heterocycles. The summed E-state index contributed by atoms with van der Waals surface area (Å²) >= 11 is 0. The van der Waals surface area contributed by atoms with E-state index in [9.17, 15) is 4.79 Å². The van der Waals surface area contributed by atoms with Crippen LogP contribution >= 0.6 is 0 Å². The Morgan fingerprint density at radius 3 is 2.69 bits per heavy atom. The third-order valence-corrected chi connectivity index (χ3v) is 1.28. The molecule has 1 aromatic carbocycles. The van der Waals surface area contributed by atoms with Crippen LogP contribution in [-0.2, 0) is 0 Å². The van der Waals surface area contributed by atoms with Gasteiger partial charge in [-0.05, 0) is 12.1 Å². The Kier molecular flexibility index (Phi) is 2.36. The fourth-order valence-corrected chi connectivity index (χ4v) is 0.862. The number of nitrogen functional groups attached to an aromatic ring is 1. The number of ether oxygens (including phenoxy) is 1. The predicted molar refractivity (Wildman–Crippen MR) is 45.8 cm³/mol. The van der Waals surface area contributed by atoms with Crippen LogP contribution in [0.2, 0.25) is 0 Å². The van der Waals surface area contributed by atoms with Gasteiger partial charge in [-0.25, -0.2) is 4.79 Å². The third-order valence-electron chi connectivity index (χ3n) is 1.28. The SMILES string of the molecule is N#Cc1cc(N)cc(OC(N)=O)c1. The minimum atomic E-state index is -0.936. The Balaban J connectivity index is 3.03. The van der Waals surface area contributed by atoms with E-state index in [1.54, 1.807) is 0 Å². The maximum Gasteiger partial charge on any atom is 0.409 e. The van der Waals surface area contributed by atoms with E-state index in [-0.39, 0.29) is 5.75 Å². The minimum absolute atomic E-state index is 0.170. The summed E-state index contributed by atoms with van der Waals surface area (Å²) in [6.45, 7) is 0. The molecule has 0 unspecified atom stereocenters. The van der Waals surface area contributed by atoms with Crippen LogP contribution in [-0.4, -0.2) is 6.09 Å². The minimum Gasteiger partial charge on any atom is -0.410 e. The molecule has 0 atom stereocenters. The zero-order chi connectivity index (χ0) is 9.84. The van der Waals surface area contributed by atoms with E-state index in [1.165, 1.54) is 18.2 Å². The standard InChI is InChI=1S/C8H7N3O2/c9-4-5-1-6(10)3-7(2-5)13-8(11)12/h1-3H,10H2,(H2,11,12). The van der Waals surface area contributed by atoms with Crippen molar-refractivity contribution in [3.05, 3.63) is 23.8 Å². The number of amides is 1. The number of rotatable bonds is 1. The number of nitrogens with zero attached hydrogens (tertiary/aromatic N) is 1. The molecule has 0 saturated carbocycles. The summed E-state index contributed by atoms with van der Waals surface area (Å²) in [6, 6.07) is 6.12. The second-order valence-electron chi connectivity index (χ2n) is 2.32. The van der Waals surface area contributed by atoms with Crippen molar-refractivity contribution in [2.75, 3.05) is 5.73 Å². The van der Waals surface area contributed by atoms with Crippen LogP contribution in [0.4, 0.5) is 10.5 Å². The van der Waals surface area contributed by atoms with Crippen molar-refractivity contribution >= 4 is 11.8 Å². The Bertz CT molecular complexity index is 381. The first kappa shape index (κ1) is 8.87. The van der Waals surface area contributed by atoms with Gasteiger partial charge in [0.25, 0.3) is 0 Å². The molecule has 1 amide bonds. The van der Waals surface area contributed by atoms with Gasteiger partial charge in [-0.3, -0.25) is 0 Å². The van der Waals surface area contributed by atoms with Gasteiger partial charge in [0.05, 0.1) is 11.6 Å². The van der Waals surface area contributed by atoms with E-state index < -0.39 is 6.09 Å². The van der Waals surface area contributed by atoms with Gasteiger partial charge < -0.3 is 16.2 Å². The van der Waals surface area contributed by atoms with E-state index in [0.717, 1.165) is 0 Å². The number of hydrogen-bond donors (Lipinski definition) is 2. The van der Waals surface area contributed by atoms with Crippen LogP contribution in [0.1, 0.15) is 5.56 Å². The van der Waals surface area contributed by atoms with Crippen molar-refractivity contribution in [2.24, 2.45) is 5.73 Å². The van der Waals surface area contributed by atoms with Crippen LogP contribution in [0.3, 0.4) is 0 Å². The summed E-state index contributed by atoms with van der Waals surface area (Å²) in [5.74, 6) is 0.170. The molecule has 5 heteroatoms. The number of nitrogens with two attached hydrogens (primary N) is 2. The van der Waals surface area contributed by atoms with Crippen molar-refractivity contribution in [2.45, 2.75) is 0 Å². The summed E-state index contributed by atoms with van der Waals surface area (Å²) in [4.78, 5) is 10.4. The molecule has 5 nitrogen and oxygen atoms in total. The Morgan fingerprint density at radius 1 is 1.46 bits per heavy atom. The number of hydrogen-bond acceptors (Lipinski definition) is 4. The van der Waals surface area contributed by atoms with Crippen molar-refractivity contribution in [1.29, 1.82) is 5.26 Å². The van der Waals surface area contributed by atoms with Gasteiger partial charge in [0.15, 0.2) is 0 Å². The number of carbonyl (C=O) groups is 1. The lowest BCUT2D eigenvalue weighted by atomic mass is 10.2. The van der Waals surface area contributed by atoms with Crippen molar-refractivity contribution in [1.82, 2.24) is 0 Å². The summed E-state index contributed by atoms with van der Waals surface area (Å²) in [5, 5.41) is 8.54. The summed E-state index contributed by atoms with van der Waals surface area (Å²) in [6.07, 6.45) is -0.936. The Hall–Kier alpha value is -2.22. The highest BCUT2D eigenvalue weighted by atomic mass is 16.5. The van der Waals surface area contributed by atoms with Gasteiger partial charge in [-0.1, -0.05) is 0 Å². The average molecular weight is 177 g/mol. The summed E-state index contributed by atoms with van der Waals surface area (Å²) in [5.41, 5.74) is 10.9.